The van der Waals surface area contributed by atoms with Gasteiger partial charge >= 0.3 is 5.97 Å². The number of aryl methyl sites for hydroxylation is 1. The number of fused-ring (bicyclic) bond motifs is 1. The molecular weight excluding hydrogens is 340 g/mol. The highest BCUT2D eigenvalue weighted by molar-refractivity contribution is 5.94. The Morgan fingerprint density at radius 3 is 2.70 bits per heavy atom. The predicted molar refractivity (Wildman–Crippen MR) is 103 cm³/mol. The van der Waals surface area contributed by atoms with Gasteiger partial charge in [-0.15, -0.1) is 0 Å². The fourth-order valence-corrected chi connectivity index (χ4v) is 4.56. The summed E-state index contributed by atoms with van der Waals surface area (Å²) in [4.78, 5) is 14.3. The van der Waals surface area contributed by atoms with Crippen LogP contribution in [0, 0.1) is 6.92 Å². The van der Waals surface area contributed by atoms with E-state index in [2.05, 4.69) is 12.1 Å². The zero-order valence-corrected chi connectivity index (χ0v) is 15.8. The first-order valence-electron chi connectivity index (χ1n) is 9.42. The molecule has 2 aliphatic rings. The number of nitrogens with two attached hydrogens (primary N) is 1. The van der Waals surface area contributed by atoms with Gasteiger partial charge in [-0.2, -0.15) is 0 Å². The molecule has 142 valence electrons. The number of cyclic esters (lactones) is 1. The summed E-state index contributed by atoms with van der Waals surface area (Å²) in [6.45, 7) is 5.50. The number of hydrogen-bond acceptors (Lipinski definition) is 5. The van der Waals surface area contributed by atoms with E-state index in [0.29, 0.717) is 25.2 Å². The van der Waals surface area contributed by atoms with Gasteiger partial charge in [-0.1, -0.05) is 42.5 Å². The summed E-state index contributed by atoms with van der Waals surface area (Å²) in [5, 5.41) is 11.5. The van der Waals surface area contributed by atoms with Crippen molar-refractivity contribution in [3.8, 4) is 0 Å². The molecule has 0 aliphatic carbocycles. The number of carbonyl (C=O) groups excluding carboxylic acids is 1. The molecular formula is C22H26N2O3. The number of rotatable bonds is 4. The molecule has 0 saturated carbocycles. The first-order valence-corrected chi connectivity index (χ1v) is 9.42. The fraction of sp³-hybridized carbons (Fsp3) is 0.409. The molecule has 2 heterocycles. The summed E-state index contributed by atoms with van der Waals surface area (Å²) < 4.78 is 5.64. The Morgan fingerprint density at radius 1 is 1.26 bits per heavy atom. The maximum absolute atomic E-state index is 12.3. The number of carbonyl (C=O) groups is 1. The van der Waals surface area contributed by atoms with Crippen molar-refractivity contribution in [1.29, 1.82) is 0 Å². The predicted octanol–water partition coefficient (Wildman–Crippen LogP) is 2.52. The van der Waals surface area contributed by atoms with Crippen molar-refractivity contribution in [2.24, 2.45) is 5.73 Å². The Morgan fingerprint density at radius 2 is 2.00 bits per heavy atom. The molecule has 0 spiro atoms. The summed E-state index contributed by atoms with van der Waals surface area (Å²) in [6, 6.07) is 15.8. The average Bonchev–Trinajstić information content (AvgIpc) is 3.27. The van der Waals surface area contributed by atoms with Crippen LogP contribution in [0.5, 0.6) is 0 Å². The van der Waals surface area contributed by atoms with Crippen molar-refractivity contribution in [3.05, 3.63) is 70.8 Å². The molecule has 0 aromatic heterocycles. The van der Waals surface area contributed by atoms with Crippen LogP contribution in [-0.2, 0) is 10.2 Å². The first-order chi connectivity index (χ1) is 12.9. The number of aliphatic hydroxyl groups is 1. The number of benzene rings is 2. The smallest absolute Gasteiger partial charge is 0.339 e. The van der Waals surface area contributed by atoms with Gasteiger partial charge in [-0.05, 0) is 37.5 Å². The van der Waals surface area contributed by atoms with E-state index in [1.807, 2.05) is 42.2 Å². The Kier molecular flexibility index (Phi) is 4.34. The van der Waals surface area contributed by atoms with Crippen molar-refractivity contribution in [1.82, 2.24) is 4.90 Å². The van der Waals surface area contributed by atoms with Crippen LogP contribution in [0.15, 0.2) is 48.5 Å². The standard InChI is InChI=1S/C22H26N2O3/c1-15-7-6-10-17-18(15)19(27-20(17)25)21(2,26)24-12-11-22(13-23,14-24)16-8-4-3-5-9-16/h3-10,19,26H,11-14,23H2,1-2H3. The highest BCUT2D eigenvalue weighted by atomic mass is 16.6. The lowest BCUT2D eigenvalue weighted by Crippen LogP contribution is -2.51. The number of ether oxygens (including phenoxy) is 1. The van der Waals surface area contributed by atoms with Crippen molar-refractivity contribution < 1.29 is 14.6 Å². The van der Waals surface area contributed by atoms with Crippen molar-refractivity contribution in [2.75, 3.05) is 19.6 Å². The summed E-state index contributed by atoms with van der Waals surface area (Å²) in [7, 11) is 0. The Hall–Kier alpha value is -2.21. The largest absolute Gasteiger partial charge is 0.449 e. The van der Waals surface area contributed by atoms with E-state index in [0.717, 1.165) is 17.5 Å². The molecule has 5 heteroatoms. The zero-order valence-electron chi connectivity index (χ0n) is 15.8. The van der Waals surface area contributed by atoms with E-state index in [1.54, 1.807) is 13.0 Å². The van der Waals surface area contributed by atoms with Gasteiger partial charge in [0.2, 0.25) is 0 Å². The van der Waals surface area contributed by atoms with E-state index in [9.17, 15) is 9.90 Å². The van der Waals surface area contributed by atoms with Gasteiger partial charge < -0.3 is 15.6 Å². The zero-order chi connectivity index (χ0) is 19.2. The maximum Gasteiger partial charge on any atom is 0.339 e. The SMILES string of the molecule is Cc1cccc2c1C(C(C)(O)N1CCC(CN)(c3ccccc3)C1)OC2=O. The number of nitrogens with zero attached hydrogens (tertiary/aromatic N) is 1. The summed E-state index contributed by atoms with van der Waals surface area (Å²) in [5.74, 6) is -0.369. The van der Waals surface area contributed by atoms with Crippen LogP contribution in [0.1, 0.15) is 46.5 Å². The maximum atomic E-state index is 12.3. The summed E-state index contributed by atoms with van der Waals surface area (Å²) >= 11 is 0. The van der Waals surface area contributed by atoms with Gasteiger partial charge in [0.1, 0.15) is 0 Å². The molecule has 27 heavy (non-hydrogen) atoms. The van der Waals surface area contributed by atoms with Crippen LogP contribution in [0.25, 0.3) is 0 Å². The Labute approximate surface area is 159 Å². The normalized spacial score (nSPS) is 27.3. The fourth-order valence-electron chi connectivity index (χ4n) is 4.56. The molecule has 3 atom stereocenters. The molecule has 2 aromatic carbocycles. The number of likely N-dealkylation sites (tertiary alicyclic amines) is 1. The second-order valence-electron chi connectivity index (χ2n) is 7.94. The second-order valence-corrected chi connectivity index (χ2v) is 7.94. The highest BCUT2D eigenvalue weighted by Gasteiger charge is 2.52. The molecule has 4 rings (SSSR count). The molecule has 1 saturated heterocycles. The van der Waals surface area contributed by atoms with Gasteiger partial charge in [-0.25, -0.2) is 4.79 Å². The average molecular weight is 366 g/mol. The highest BCUT2D eigenvalue weighted by Crippen LogP contribution is 2.45. The summed E-state index contributed by atoms with van der Waals surface area (Å²) in [5.41, 5.74) is 8.15. The van der Waals surface area contributed by atoms with E-state index in [1.165, 1.54) is 5.56 Å². The van der Waals surface area contributed by atoms with Gasteiger partial charge in [0.25, 0.3) is 0 Å². The molecule has 5 nitrogen and oxygen atoms in total. The topological polar surface area (TPSA) is 75.8 Å². The van der Waals surface area contributed by atoms with E-state index in [-0.39, 0.29) is 11.4 Å². The van der Waals surface area contributed by atoms with Crippen LogP contribution < -0.4 is 5.73 Å². The van der Waals surface area contributed by atoms with Crippen LogP contribution >= 0.6 is 0 Å². The van der Waals surface area contributed by atoms with Crippen molar-refractivity contribution in [2.45, 2.75) is 37.5 Å². The van der Waals surface area contributed by atoms with E-state index in [4.69, 9.17) is 10.5 Å². The van der Waals surface area contributed by atoms with Crippen LogP contribution in [0.2, 0.25) is 0 Å². The Balaban J connectivity index is 1.66. The minimum absolute atomic E-state index is 0.206. The van der Waals surface area contributed by atoms with E-state index < -0.39 is 11.8 Å². The number of hydrogen-bond donors (Lipinski definition) is 2. The minimum atomic E-state index is -1.31. The monoisotopic (exact) mass is 366 g/mol. The lowest BCUT2D eigenvalue weighted by atomic mass is 9.79. The van der Waals surface area contributed by atoms with Crippen molar-refractivity contribution in [3.63, 3.8) is 0 Å². The quantitative estimate of drug-likeness (QED) is 0.813. The lowest BCUT2D eigenvalue weighted by Gasteiger charge is -2.39. The Bertz CT molecular complexity index is 865. The van der Waals surface area contributed by atoms with Gasteiger partial charge in [0, 0.05) is 30.6 Å². The summed E-state index contributed by atoms with van der Waals surface area (Å²) in [6.07, 6.45) is 0.149. The molecule has 1 fully saturated rings. The molecule has 0 amide bonds. The van der Waals surface area contributed by atoms with Gasteiger partial charge in [0.05, 0.1) is 5.56 Å². The number of esters is 1. The molecule has 3 N–H and O–H groups in total. The van der Waals surface area contributed by atoms with E-state index >= 15 is 0 Å². The molecule has 0 radical (unpaired) electrons. The van der Waals surface area contributed by atoms with Gasteiger partial charge in [0.15, 0.2) is 11.8 Å². The first kappa shape index (κ1) is 18.2. The minimum Gasteiger partial charge on any atom is -0.449 e. The third-order valence-corrected chi connectivity index (χ3v) is 6.30. The second kappa shape index (κ2) is 6.44. The van der Waals surface area contributed by atoms with Crippen molar-refractivity contribution >= 4 is 5.97 Å². The van der Waals surface area contributed by atoms with Crippen LogP contribution in [0.4, 0.5) is 0 Å². The molecule has 2 aromatic rings. The third-order valence-electron chi connectivity index (χ3n) is 6.30. The van der Waals surface area contributed by atoms with Gasteiger partial charge in [-0.3, -0.25) is 4.90 Å². The third kappa shape index (κ3) is 2.78. The van der Waals surface area contributed by atoms with Crippen LogP contribution in [0.3, 0.4) is 0 Å². The molecule has 0 bridgehead atoms. The lowest BCUT2D eigenvalue weighted by molar-refractivity contribution is -0.161. The van der Waals surface area contributed by atoms with Crippen LogP contribution in [-0.4, -0.2) is 41.3 Å². The molecule has 2 aliphatic heterocycles. The molecule has 3 unspecified atom stereocenters.